The highest BCUT2D eigenvalue weighted by molar-refractivity contribution is 5.08. The number of likely N-dealkylation sites (tertiary alicyclic amines) is 2. The average Bonchev–Trinajstić information content (AvgIpc) is 3.04. The van der Waals surface area contributed by atoms with E-state index in [1.165, 1.54) is 19.3 Å². The Morgan fingerprint density at radius 2 is 1.95 bits per heavy atom. The molecule has 0 spiro atoms. The van der Waals surface area contributed by atoms with Gasteiger partial charge in [0.1, 0.15) is 0 Å². The van der Waals surface area contributed by atoms with E-state index in [1.807, 2.05) is 0 Å². The number of likely N-dealkylation sites (N-methyl/N-ethyl adjacent to an activating group) is 1. The molecule has 2 saturated heterocycles. The molecule has 4 heteroatoms. The van der Waals surface area contributed by atoms with Crippen molar-refractivity contribution in [2.75, 3.05) is 33.2 Å². The first kappa shape index (κ1) is 13.4. The van der Waals surface area contributed by atoms with Gasteiger partial charge in [-0.15, -0.1) is 0 Å². The van der Waals surface area contributed by atoms with Gasteiger partial charge >= 0.3 is 0 Å². The summed E-state index contributed by atoms with van der Waals surface area (Å²) >= 11 is 0. The quantitative estimate of drug-likeness (QED) is 0.822. The minimum atomic E-state index is 0.168. The van der Waals surface area contributed by atoms with Gasteiger partial charge in [0, 0.05) is 38.3 Å². The topological polar surface area (TPSA) is 42.3 Å². The van der Waals surface area contributed by atoms with Gasteiger partial charge in [0.2, 0.25) is 0 Å². The number of hydrogen-bond donors (Lipinski definition) is 1. The third-order valence-corrected chi connectivity index (χ3v) is 5.26. The van der Waals surface area contributed by atoms with Crippen LogP contribution in [0.15, 0.2) is 0 Å². The van der Waals surface area contributed by atoms with Crippen LogP contribution in [0, 0.1) is 17.2 Å². The van der Waals surface area contributed by atoms with Crippen LogP contribution < -0.4 is 5.32 Å². The highest BCUT2D eigenvalue weighted by atomic mass is 15.3. The molecule has 0 aromatic carbocycles. The van der Waals surface area contributed by atoms with Crippen LogP contribution in [-0.2, 0) is 0 Å². The normalized spacial score (nSPS) is 35.6. The predicted molar refractivity (Wildman–Crippen MR) is 75.8 cm³/mol. The summed E-state index contributed by atoms with van der Waals surface area (Å²) in [5, 5.41) is 12.9. The van der Waals surface area contributed by atoms with Crippen molar-refractivity contribution in [2.24, 2.45) is 5.92 Å². The van der Waals surface area contributed by atoms with Crippen LogP contribution in [0.4, 0.5) is 0 Å². The smallest absolute Gasteiger partial charge is 0.0642 e. The summed E-state index contributed by atoms with van der Waals surface area (Å²) in [6.45, 7) is 6.79. The van der Waals surface area contributed by atoms with Crippen LogP contribution in [0.5, 0.6) is 0 Å². The van der Waals surface area contributed by atoms with Crippen molar-refractivity contribution in [3.05, 3.63) is 0 Å². The van der Waals surface area contributed by atoms with Crippen LogP contribution in [0.1, 0.15) is 32.6 Å². The summed E-state index contributed by atoms with van der Waals surface area (Å²) in [5.41, 5.74) is 0.168. The van der Waals surface area contributed by atoms with Crippen molar-refractivity contribution >= 4 is 0 Å². The van der Waals surface area contributed by atoms with Crippen molar-refractivity contribution in [3.8, 4) is 6.07 Å². The van der Waals surface area contributed by atoms with Gasteiger partial charge in [-0.05, 0) is 32.2 Å². The first-order valence-corrected chi connectivity index (χ1v) is 7.69. The molecule has 106 valence electrons. The van der Waals surface area contributed by atoms with Crippen LogP contribution >= 0.6 is 0 Å². The lowest BCUT2D eigenvalue weighted by molar-refractivity contribution is -0.0514. The minimum absolute atomic E-state index is 0.168. The standard InChI is InChI=1S/C15H26N4/c1-12-9-14(12)17-13-3-7-19(8-4-13)15(5-6-16)10-18(2)11-15/h12-14,17H,3-5,7-11H2,1-2H3/t12-,14-/m1/s1. The molecule has 19 heavy (non-hydrogen) atoms. The van der Waals surface area contributed by atoms with Crippen molar-refractivity contribution in [1.82, 2.24) is 15.1 Å². The Labute approximate surface area is 116 Å². The van der Waals surface area contributed by atoms with Gasteiger partial charge in [-0.1, -0.05) is 6.92 Å². The molecule has 1 aliphatic carbocycles. The Balaban J connectivity index is 1.50. The summed E-state index contributed by atoms with van der Waals surface area (Å²) in [5.74, 6) is 0.892. The lowest BCUT2D eigenvalue weighted by Crippen LogP contribution is -2.70. The maximum Gasteiger partial charge on any atom is 0.0642 e. The van der Waals surface area contributed by atoms with E-state index < -0.39 is 0 Å². The molecule has 4 nitrogen and oxygen atoms in total. The third-order valence-electron chi connectivity index (χ3n) is 5.26. The summed E-state index contributed by atoms with van der Waals surface area (Å²) in [4.78, 5) is 4.91. The third kappa shape index (κ3) is 2.65. The largest absolute Gasteiger partial charge is 0.311 e. The van der Waals surface area contributed by atoms with Gasteiger partial charge < -0.3 is 10.2 Å². The van der Waals surface area contributed by atoms with E-state index in [-0.39, 0.29) is 5.54 Å². The molecule has 1 saturated carbocycles. The molecular weight excluding hydrogens is 236 g/mol. The van der Waals surface area contributed by atoms with Crippen molar-refractivity contribution < 1.29 is 0 Å². The molecule has 3 rings (SSSR count). The van der Waals surface area contributed by atoms with Crippen LogP contribution in [0.2, 0.25) is 0 Å². The summed E-state index contributed by atoms with van der Waals surface area (Å²) in [7, 11) is 2.15. The Morgan fingerprint density at radius 1 is 1.32 bits per heavy atom. The molecule has 2 atom stereocenters. The fourth-order valence-electron chi connectivity index (χ4n) is 3.91. The number of rotatable bonds is 4. The second kappa shape index (κ2) is 5.05. The number of hydrogen-bond acceptors (Lipinski definition) is 4. The number of nitrogens with zero attached hydrogens (tertiary/aromatic N) is 3. The second-order valence-corrected chi connectivity index (χ2v) is 6.98. The molecule has 0 bridgehead atoms. The van der Waals surface area contributed by atoms with E-state index in [9.17, 15) is 0 Å². The molecular formula is C15H26N4. The monoisotopic (exact) mass is 262 g/mol. The van der Waals surface area contributed by atoms with Gasteiger partial charge in [0.15, 0.2) is 0 Å². The van der Waals surface area contributed by atoms with Gasteiger partial charge in [0.25, 0.3) is 0 Å². The molecule has 3 aliphatic rings. The SMILES string of the molecule is C[C@@H]1C[C@H]1NC1CCN(C2(CC#N)CN(C)C2)CC1. The Hall–Kier alpha value is -0.630. The molecule has 0 amide bonds. The van der Waals surface area contributed by atoms with E-state index in [2.05, 4.69) is 35.2 Å². The lowest BCUT2D eigenvalue weighted by Gasteiger charge is -2.55. The summed E-state index contributed by atoms with van der Waals surface area (Å²) < 4.78 is 0. The van der Waals surface area contributed by atoms with E-state index >= 15 is 0 Å². The summed E-state index contributed by atoms with van der Waals surface area (Å²) in [6, 6.07) is 3.91. The average molecular weight is 262 g/mol. The zero-order chi connectivity index (χ0) is 13.5. The Morgan fingerprint density at radius 3 is 2.42 bits per heavy atom. The molecule has 2 aliphatic heterocycles. The molecule has 2 heterocycles. The lowest BCUT2D eigenvalue weighted by atomic mass is 9.83. The maximum absolute atomic E-state index is 9.08. The van der Waals surface area contributed by atoms with Gasteiger partial charge in [-0.25, -0.2) is 0 Å². The Kier molecular flexibility index (Phi) is 3.55. The maximum atomic E-state index is 9.08. The second-order valence-electron chi connectivity index (χ2n) is 6.98. The number of nitrogens with one attached hydrogen (secondary N) is 1. The van der Waals surface area contributed by atoms with Crippen molar-refractivity contribution in [2.45, 2.75) is 50.2 Å². The van der Waals surface area contributed by atoms with Gasteiger partial charge in [-0.3, -0.25) is 4.90 Å². The molecule has 0 unspecified atom stereocenters. The van der Waals surface area contributed by atoms with Gasteiger partial charge in [-0.2, -0.15) is 5.26 Å². The molecule has 0 aromatic heterocycles. The predicted octanol–water partition coefficient (Wildman–Crippen LogP) is 1.05. The molecule has 0 radical (unpaired) electrons. The number of piperidine rings is 1. The van der Waals surface area contributed by atoms with Gasteiger partial charge in [0.05, 0.1) is 18.0 Å². The zero-order valence-electron chi connectivity index (χ0n) is 12.2. The van der Waals surface area contributed by atoms with Crippen LogP contribution in [0.3, 0.4) is 0 Å². The summed E-state index contributed by atoms with van der Waals surface area (Å²) in [6.07, 6.45) is 4.55. The molecule has 1 N–H and O–H groups in total. The van der Waals surface area contributed by atoms with Crippen LogP contribution in [0.25, 0.3) is 0 Å². The fourth-order valence-corrected chi connectivity index (χ4v) is 3.91. The van der Waals surface area contributed by atoms with E-state index in [0.29, 0.717) is 12.5 Å². The van der Waals surface area contributed by atoms with E-state index in [0.717, 1.165) is 38.1 Å². The highest BCUT2D eigenvalue weighted by Gasteiger charge is 2.47. The first-order valence-electron chi connectivity index (χ1n) is 7.69. The fraction of sp³-hybridized carbons (Fsp3) is 0.933. The zero-order valence-corrected chi connectivity index (χ0v) is 12.2. The Bertz CT molecular complexity index is 361. The molecule has 0 aromatic rings. The van der Waals surface area contributed by atoms with E-state index in [1.54, 1.807) is 0 Å². The van der Waals surface area contributed by atoms with Crippen LogP contribution in [-0.4, -0.2) is 60.6 Å². The van der Waals surface area contributed by atoms with E-state index in [4.69, 9.17) is 5.26 Å². The molecule has 3 fully saturated rings. The first-order chi connectivity index (χ1) is 9.13. The number of nitriles is 1. The minimum Gasteiger partial charge on any atom is -0.311 e. The van der Waals surface area contributed by atoms with Crippen molar-refractivity contribution in [1.29, 1.82) is 5.26 Å². The van der Waals surface area contributed by atoms with Crippen molar-refractivity contribution in [3.63, 3.8) is 0 Å². The highest BCUT2D eigenvalue weighted by Crippen LogP contribution is 2.34.